The molecule has 2 rings (SSSR count). The van der Waals surface area contributed by atoms with Gasteiger partial charge in [0, 0.05) is 20.0 Å². The molecule has 0 bridgehead atoms. The number of ketones is 1. The molecule has 6 nitrogen and oxygen atoms in total. The number of Topliss-reactive ketones (excluding diaryl/α,β-unsaturated/α-hetero) is 1. The highest BCUT2D eigenvalue weighted by atomic mass is 32.1. The summed E-state index contributed by atoms with van der Waals surface area (Å²) in [6, 6.07) is 1.74. The van der Waals surface area contributed by atoms with Crippen LogP contribution in [0.2, 0.25) is 0 Å². The van der Waals surface area contributed by atoms with E-state index < -0.39 is 5.97 Å². The van der Waals surface area contributed by atoms with Gasteiger partial charge >= 0.3 is 5.97 Å². The van der Waals surface area contributed by atoms with Crippen molar-refractivity contribution in [3.63, 3.8) is 0 Å². The maximum absolute atomic E-state index is 11.8. The summed E-state index contributed by atoms with van der Waals surface area (Å²) in [5, 5.41) is 5.98. The van der Waals surface area contributed by atoms with Gasteiger partial charge in [0.25, 0.3) is 0 Å². The van der Waals surface area contributed by atoms with Crippen molar-refractivity contribution in [1.29, 1.82) is 0 Å². The Balaban J connectivity index is 2.14. The molecule has 0 spiro atoms. The molecule has 7 heteroatoms. The van der Waals surface area contributed by atoms with Crippen LogP contribution in [0.4, 0.5) is 5.69 Å². The zero-order valence-electron chi connectivity index (χ0n) is 12.2. The van der Waals surface area contributed by atoms with E-state index in [4.69, 9.17) is 4.74 Å². The number of hydrazone groups is 1. The highest BCUT2D eigenvalue weighted by molar-refractivity contribution is 7.12. The summed E-state index contributed by atoms with van der Waals surface area (Å²) >= 11 is 1.27. The van der Waals surface area contributed by atoms with Gasteiger partial charge in [0.1, 0.15) is 4.88 Å². The number of carbonyl (C=O) groups excluding carboxylic acids is 2. The predicted octanol–water partition coefficient (Wildman–Crippen LogP) is 2.33. The van der Waals surface area contributed by atoms with Crippen LogP contribution < -0.4 is 5.43 Å². The van der Waals surface area contributed by atoms with Crippen LogP contribution in [0.1, 0.15) is 35.9 Å². The van der Waals surface area contributed by atoms with Crippen molar-refractivity contribution < 1.29 is 14.3 Å². The van der Waals surface area contributed by atoms with E-state index in [0.717, 1.165) is 25.9 Å². The van der Waals surface area contributed by atoms with Crippen molar-refractivity contribution in [3.05, 3.63) is 16.3 Å². The van der Waals surface area contributed by atoms with Gasteiger partial charge in [0.2, 0.25) is 0 Å². The first-order valence-electron chi connectivity index (χ1n) is 6.89. The number of thiophene rings is 1. The van der Waals surface area contributed by atoms with Gasteiger partial charge in [0.15, 0.2) is 11.6 Å². The lowest BCUT2D eigenvalue weighted by atomic mass is 10.1. The van der Waals surface area contributed by atoms with Crippen LogP contribution >= 0.6 is 11.3 Å². The predicted molar refractivity (Wildman–Crippen MR) is 82.8 cm³/mol. The Bertz CT molecular complexity index is 547. The largest absolute Gasteiger partial charge is 0.465 e. The number of likely N-dealkylation sites (tertiary alicyclic amines) is 1. The standard InChI is InChI=1S/C14H19N3O3S/c1-10(18)13(17-7-4-3-5-8-17)16-15-11-6-9-21-12(11)14(19)20-2/h6,9,15H,3-5,7-8H2,1-2H3/b16-13+. The van der Waals surface area contributed by atoms with E-state index in [1.165, 1.54) is 31.8 Å². The van der Waals surface area contributed by atoms with Gasteiger partial charge in [-0.3, -0.25) is 10.2 Å². The number of rotatable bonds is 4. The van der Waals surface area contributed by atoms with Crippen molar-refractivity contribution in [2.24, 2.45) is 5.10 Å². The van der Waals surface area contributed by atoms with Gasteiger partial charge in [-0.2, -0.15) is 5.10 Å². The number of ether oxygens (including phenoxy) is 1. The quantitative estimate of drug-likeness (QED) is 0.400. The van der Waals surface area contributed by atoms with Gasteiger partial charge in [-0.15, -0.1) is 11.3 Å². The lowest BCUT2D eigenvalue weighted by molar-refractivity contribution is -0.111. The van der Waals surface area contributed by atoms with Crippen molar-refractivity contribution in [3.8, 4) is 0 Å². The van der Waals surface area contributed by atoms with E-state index in [9.17, 15) is 9.59 Å². The Morgan fingerprint density at radius 1 is 1.33 bits per heavy atom. The molecule has 1 aliphatic rings. The van der Waals surface area contributed by atoms with E-state index >= 15 is 0 Å². The molecule has 0 unspecified atom stereocenters. The number of anilines is 1. The Morgan fingerprint density at radius 3 is 2.67 bits per heavy atom. The van der Waals surface area contributed by atoms with Gasteiger partial charge in [-0.05, 0) is 30.7 Å². The molecule has 2 heterocycles. The number of esters is 1. The second-order valence-corrected chi connectivity index (χ2v) is 5.72. The lowest BCUT2D eigenvalue weighted by Crippen LogP contribution is -2.39. The van der Waals surface area contributed by atoms with Crippen LogP contribution in [0.5, 0.6) is 0 Å². The van der Waals surface area contributed by atoms with Crippen molar-refractivity contribution in [1.82, 2.24) is 4.90 Å². The molecule has 1 fully saturated rings. The number of hydrogen-bond donors (Lipinski definition) is 1. The number of piperidine rings is 1. The molecule has 21 heavy (non-hydrogen) atoms. The smallest absolute Gasteiger partial charge is 0.350 e. The first-order chi connectivity index (χ1) is 10.1. The second-order valence-electron chi connectivity index (χ2n) is 4.81. The van der Waals surface area contributed by atoms with Crippen molar-refractivity contribution in [2.45, 2.75) is 26.2 Å². The number of carbonyl (C=O) groups is 2. The number of hydrogen-bond acceptors (Lipinski definition) is 6. The molecule has 114 valence electrons. The molecular formula is C14H19N3O3S. The minimum absolute atomic E-state index is 0.0840. The molecule has 0 atom stereocenters. The highest BCUT2D eigenvalue weighted by Gasteiger charge is 2.19. The molecule has 1 saturated heterocycles. The SMILES string of the molecule is COC(=O)c1sccc1N/N=C(\C(C)=O)N1CCCCC1. The summed E-state index contributed by atoms with van der Waals surface area (Å²) in [5.74, 6) is -0.0824. The molecule has 1 N–H and O–H groups in total. The van der Waals surface area contributed by atoms with Gasteiger partial charge in [-0.1, -0.05) is 0 Å². The van der Waals surface area contributed by atoms with Gasteiger partial charge in [0.05, 0.1) is 12.8 Å². The molecular weight excluding hydrogens is 290 g/mol. The first kappa shape index (κ1) is 15.5. The van der Waals surface area contributed by atoms with Crippen LogP contribution in [0.25, 0.3) is 0 Å². The average molecular weight is 309 g/mol. The fourth-order valence-electron chi connectivity index (χ4n) is 2.24. The fourth-order valence-corrected chi connectivity index (χ4v) is 3.00. The number of amidine groups is 1. The minimum Gasteiger partial charge on any atom is -0.465 e. The zero-order valence-corrected chi connectivity index (χ0v) is 13.0. The third-order valence-corrected chi connectivity index (χ3v) is 4.18. The van der Waals surface area contributed by atoms with E-state index in [1.54, 1.807) is 11.4 Å². The Labute approximate surface area is 127 Å². The second kappa shape index (κ2) is 7.21. The highest BCUT2D eigenvalue weighted by Crippen LogP contribution is 2.23. The lowest BCUT2D eigenvalue weighted by Gasteiger charge is -2.28. The van der Waals surface area contributed by atoms with Crippen LogP contribution in [0.15, 0.2) is 16.5 Å². The molecule has 0 aromatic carbocycles. The van der Waals surface area contributed by atoms with Crippen LogP contribution in [0, 0.1) is 0 Å². The molecule has 1 aliphatic heterocycles. The monoisotopic (exact) mass is 309 g/mol. The van der Waals surface area contributed by atoms with Crippen LogP contribution in [-0.2, 0) is 9.53 Å². The molecule has 0 aliphatic carbocycles. The summed E-state index contributed by atoms with van der Waals surface area (Å²) < 4.78 is 4.71. The Kier molecular flexibility index (Phi) is 5.32. The van der Waals surface area contributed by atoms with Crippen LogP contribution in [-0.4, -0.2) is 42.7 Å². The fraction of sp³-hybridized carbons (Fsp3) is 0.500. The zero-order chi connectivity index (χ0) is 15.2. The molecule has 1 aromatic rings. The molecule has 0 saturated carbocycles. The van der Waals surface area contributed by atoms with E-state index in [0.29, 0.717) is 16.4 Å². The Morgan fingerprint density at radius 2 is 2.05 bits per heavy atom. The summed E-state index contributed by atoms with van der Waals surface area (Å²) in [6.07, 6.45) is 3.32. The maximum Gasteiger partial charge on any atom is 0.350 e. The average Bonchev–Trinajstić information content (AvgIpc) is 2.96. The first-order valence-corrected chi connectivity index (χ1v) is 7.77. The number of nitrogens with one attached hydrogen (secondary N) is 1. The van der Waals surface area contributed by atoms with Crippen LogP contribution in [0.3, 0.4) is 0 Å². The van der Waals surface area contributed by atoms with Gasteiger partial charge in [-0.25, -0.2) is 4.79 Å². The third kappa shape index (κ3) is 3.81. The summed E-state index contributed by atoms with van der Waals surface area (Å²) in [5.41, 5.74) is 3.38. The summed E-state index contributed by atoms with van der Waals surface area (Å²) in [4.78, 5) is 25.8. The van der Waals surface area contributed by atoms with Gasteiger partial charge < -0.3 is 9.64 Å². The minimum atomic E-state index is -0.412. The van der Waals surface area contributed by atoms with E-state index in [-0.39, 0.29) is 5.78 Å². The third-order valence-electron chi connectivity index (χ3n) is 3.29. The number of nitrogens with zero attached hydrogens (tertiary/aromatic N) is 2. The van der Waals surface area contributed by atoms with E-state index in [2.05, 4.69) is 10.5 Å². The summed E-state index contributed by atoms with van der Waals surface area (Å²) in [7, 11) is 1.34. The topological polar surface area (TPSA) is 71.0 Å². The summed E-state index contributed by atoms with van der Waals surface area (Å²) in [6.45, 7) is 3.19. The molecule has 0 radical (unpaired) electrons. The normalized spacial score (nSPS) is 15.7. The molecule has 0 amide bonds. The van der Waals surface area contributed by atoms with Crippen molar-refractivity contribution >= 4 is 34.6 Å². The Hall–Kier alpha value is -1.89. The van der Waals surface area contributed by atoms with E-state index in [1.807, 2.05) is 4.90 Å². The molecule has 1 aromatic heterocycles. The number of methoxy groups -OCH3 is 1. The van der Waals surface area contributed by atoms with Crippen molar-refractivity contribution in [2.75, 3.05) is 25.6 Å². The maximum atomic E-state index is 11.8.